The van der Waals surface area contributed by atoms with Gasteiger partial charge >= 0.3 is 0 Å². The molecule has 0 fully saturated rings. The van der Waals surface area contributed by atoms with Gasteiger partial charge in [-0.1, -0.05) is 30.9 Å². The summed E-state index contributed by atoms with van der Waals surface area (Å²) >= 11 is 0. The van der Waals surface area contributed by atoms with Crippen LogP contribution in [0.25, 0.3) is 0 Å². The van der Waals surface area contributed by atoms with E-state index in [-0.39, 0.29) is 29.5 Å². The zero-order valence-electron chi connectivity index (χ0n) is 4.85. The predicted octanol–water partition coefficient (Wildman–Crippen LogP) is -1.13. The molecule has 2 radical (unpaired) electrons. The molecule has 0 spiro atoms. The van der Waals surface area contributed by atoms with Crippen LogP contribution in [0.3, 0.4) is 0 Å². The average molecular weight is 182 g/mol. The summed E-state index contributed by atoms with van der Waals surface area (Å²) in [5, 5.41) is 0. The van der Waals surface area contributed by atoms with E-state index < -0.39 is 0 Å². The molecule has 0 saturated carbocycles. The molecule has 1 aliphatic carbocycles. The smallest absolute Gasteiger partial charge is 0.0119 e. The van der Waals surface area contributed by atoms with Gasteiger partial charge in [-0.2, -0.15) is 0 Å². The van der Waals surface area contributed by atoms with Gasteiger partial charge in [0, 0.05) is 23.5 Å². The maximum atomic E-state index is 3.72. The Hall–Kier alpha value is 0.0295. The van der Waals surface area contributed by atoms with Gasteiger partial charge in [-0.3, -0.25) is 0 Å². The van der Waals surface area contributed by atoms with Gasteiger partial charge in [-0.25, -0.2) is 0 Å². The minimum atomic E-state index is 0. The Kier molecular flexibility index (Phi) is 8.06. The van der Waals surface area contributed by atoms with Crippen LogP contribution >= 0.6 is 0 Å². The summed E-state index contributed by atoms with van der Waals surface area (Å²) in [4.78, 5) is 0. The van der Waals surface area contributed by atoms with E-state index in [0.717, 1.165) is 5.57 Å². The first kappa shape index (κ1) is 11.8. The SMILES string of the molecule is C=C1[CH]C=CC=C1.[Cl-].[Mn]. The fraction of sp³-hybridized carbons (Fsp3) is 0. The predicted molar refractivity (Wildman–Crippen MR) is 31.7 cm³/mol. The molecule has 0 nitrogen and oxygen atoms in total. The van der Waals surface area contributed by atoms with Crippen LogP contribution in [0.15, 0.2) is 36.5 Å². The van der Waals surface area contributed by atoms with E-state index >= 15 is 0 Å². The van der Waals surface area contributed by atoms with E-state index in [4.69, 9.17) is 0 Å². The minimum Gasteiger partial charge on any atom is -1.00 e. The summed E-state index contributed by atoms with van der Waals surface area (Å²) in [5.74, 6) is 0. The number of rotatable bonds is 0. The van der Waals surface area contributed by atoms with Crippen molar-refractivity contribution in [3.63, 3.8) is 0 Å². The Balaban J connectivity index is 0. The van der Waals surface area contributed by atoms with E-state index in [2.05, 4.69) is 6.58 Å². The topological polar surface area (TPSA) is 0 Å². The summed E-state index contributed by atoms with van der Waals surface area (Å²) in [7, 11) is 0. The molecular weight excluding hydrogens is 174 g/mol. The van der Waals surface area contributed by atoms with Gasteiger partial charge in [0.05, 0.1) is 0 Å². The number of halogens is 1. The molecule has 0 bridgehead atoms. The third-order valence-corrected chi connectivity index (χ3v) is 0.843. The van der Waals surface area contributed by atoms with Crippen molar-refractivity contribution in [3.8, 4) is 0 Å². The zero-order chi connectivity index (χ0) is 5.11. The van der Waals surface area contributed by atoms with Gasteiger partial charge in [0.15, 0.2) is 0 Å². The van der Waals surface area contributed by atoms with Gasteiger partial charge in [-0.05, 0) is 5.57 Å². The van der Waals surface area contributed by atoms with E-state index in [0.29, 0.717) is 0 Å². The molecule has 0 unspecified atom stereocenters. The van der Waals surface area contributed by atoms with Crippen molar-refractivity contribution in [3.05, 3.63) is 42.9 Å². The Morgan fingerprint density at radius 3 is 2.00 bits per heavy atom. The van der Waals surface area contributed by atoms with Crippen LogP contribution in [-0.2, 0) is 17.1 Å². The van der Waals surface area contributed by atoms with Crippen LogP contribution < -0.4 is 12.4 Å². The molecule has 0 aliphatic heterocycles. The molecule has 0 amide bonds. The van der Waals surface area contributed by atoms with Gasteiger partial charge in [0.1, 0.15) is 0 Å². The van der Waals surface area contributed by atoms with Crippen LogP contribution in [0.2, 0.25) is 0 Å². The monoisotopic (exact) mass is 181 g/mol. The molecule has 2 heteroatoms. The van der Waals surface area contributed by atoms with E-state index in [1.54, 1.807) is 0 Å². The van der Waals surface area contributed by atoms with Crippen molar-refractivity contribution in [2.24, 2.45) is 0 Å². The first-order chi connectivity index (χ1) is 3.39. The summed E-state index contributed by atoms with van der Waals surface area (Å²) < 4.78 is 0. The number of hydrogen-bond donors (Lipinski definition) is 0. The summed E-state index contributed by atoms with van der Waals surface area (Å²) in [6.07, 6.45) is 9.87. The summed E-state index contributed by atoms with van der Waals surface area (Å²) in [6.45, 7) is 3.72. The van der Waals surface area contributed by atoms with Gasteiger partial charge in [0.2, 0.25) is 0 Å². The molecule has 0 heterocycles. The normalized spacial score (nSPS) is 14.0. The Morgan fingerprint density at radius 1 is 1.11 bits per heavy atom. The Labute approximate surface area is 72.6 Å². The maximum absolute atomic E-state index is 3.72. The van der Waals surface area contributed by atoms with E-state index in [9.17, 15) is 0 Å². The van der Waals surface area contributed by atoms with Crippen LogP contribution in [0, 0.1) is 6.42 Å². The third kappa shape index (κ3) is 4.53. The van der Waals surface area contributed by atoms with Crippen molar-refractivity contribution in [2.45, 2.75) is 0 Å². The first-order valence-electron chi connectivity index (χ1n) is 2.26. The summed E-state index contributed by atoms with van der Waals surface area (Å²) in [6, 6.07) is 0. The molecule has 0 atom stereocenters. The maximum Gasteiger partial charge on any atom is 0.0119 e. The molecule has 0 N–H and O–H groups in total. The molecule has 0 aromatic rings. The fourth-order valence-electron chi connectivity index (χ4n) is 0.478. The molecule has 1 aliphatic rings. The van der Waals surface area contributed by atoms with Crippen LogP contribution in [-0.4, -0.2) is 0 Å². The van der Waals surface area contributed by atoms with Crippen LogP contribution in [0.4, 0.5) is 0 Å². The standard InChI is InChI=1S/C7H7.ClH.Mn/c1-7-5-3-2-4-6-7;;/h2-6H,1H2;1H;/p-1. The summed E-state index contributed by atoms with van der Waals surface area (Å²) in [5.41, 5.74) is 1.07. The molecular formula is C7H7ClMn-. The molecule has 0 saturated heterocycles. The largest absolute Gasteiger partial charge is 1.00 e. The minimum absolute atomic E-state index is 0. The number of hydrogen-bond acceptors (Lipinski definition) is 0. The van der Waals surface area contributed by atoms with E-state index in [1.807, 2.05) is 30.7 Å². The molecule has 9 heavy (non-hydrogen) atoms. The average Bonchev–Trinajstić information content (AvgIpc) is 1.69. The molecule has 0 aromatic heterocycles. The molecule has 0 aromatic carbocycles. The molecule has 1 rings (SSSR count). The fourth-order valence-corrected chi connectivity index (χ4v) is 0.478. The van der Waals surface area contributed by atoms with Crippen LogP contribution in [0.1, 0.15) is 0 Å². The van der Waals surface area contributed by atoms with Crippen molar-refractivity contribution in [2.75, 3.05) is 0 Å². The van der Waals surface area contributed by atoms with Crippen molar-refractivity contribution >= 4 is 0 Å². The van der Waals surface area contributed by atoms with Crippen molar-refractivity contribution in [1.29, 1.82) is 0 Å². The third-order valence-electron chi connectivity index (χ3n) is 0.843. The van der Waals surface area contributed by atoms with Gasteiger partial charge < -0.3 is 12.4 Å². The first-order valence-corrected chi connectivity index (χ1v) is 2.26. The Morgan fingerprint density at radius 2 is 1.78 bits per heavy atom. The zero-order valence-corrected chi connectivity index (χ0v) is 6.79. The quantitative estimate of drug-likeness (QED) is 0.415. The second-order valence-electron chi connectivity index (χ2n) is 1.49. The molecule has 50 valence electrons. The van der Waals surface area contributed by atoms with Crippen molar-refractivity contribution < 1.29 is 29.5 Å². The second-order valence-corrected chi connectivity index (χ2v) is 1.49. The van der Waals surface area contributed by atoms with Crippen LogP contribution in [0.5, 0.6) is 0 Å². The second kappa shape index (κ2) is 6.15. The Bertz CT molecular complexity index is 136. The van der Waals surface area contributed by atoms with Crippen molar-refractivity contribution in [1.82, 2.24) is 0 Å². The number of allylic oxidation sites excluding steroid dienone is 5. The van der Waals surface area contributed by atoms with Gasteiger partial charge in [-0.15, -0.1) is 0 Å². The van der Waals surface area contributed by atoms with E-state index in [1.165, 1.54) is 0 Å². The van der Waals surface area contributed by atoms with Gasteiger partial charge in [0.25, 0.3) is 0 Å².